The lowest BCUT2D eigenvalue weighted by molar-refractivity contribution is 0.265. The lowest BCUT2D eigenvalue weighted by Gasteiger charge is -2.11. The first-order chi connectivity index (χ1) is 8.45. The zero-order valence-corrected chi connectivity index (χ0v) is 11.1. The van der Waals surface area contributed by atoms with Crippen LogP contribution < -0.4 is 4.72 Å². The summed E-state index contributed by atoms with van der Waals surface area (Å²) in [4.78, 5) is 3.96. The van der Waals surface area contributed by atoms with E-state index >= 15 is 0 Å². The van der Waals surface area contributed by atoms with Gasteiger partial charge in [0.15, 0.2) is 10.2 Å². The third kappa shape index (κ3) is 2.35. The molecule has 2 aromatic rings. The van der Waals surface area contributed by atoms with Gasteiger partial charge in [0.05, 0.1) is 6.61 Å². The Bertz CT molecular complexity index is 668. The molecule has 0 spiro atoms. The van der Waals surface area contributed by atoms with Crippen molar-refractivity contribution in [2.75, 3.05) is 6.61 Å². The van der Waals surface area contributed by atoms with Crippen molar-refractivity contribution in [1.29, 1.82) is 0 Å². The molecule has 1 atom stereocenters. The van der Waals surface area contributed by atoms with E-state index in [1.165, 1.54) is 4.40 Å². The van der Waals surface area contributed by atoms with Crippen molar-refractivity contribution < 1.29 is 13.5 Å². The van der Waals surface area contributed by atoms with Crippen molar-refractivity contribution in [3.63, 3.8) is 0 Å². The highest BCUT2D eigenvalue weighted by Gasteiger charge is 2.25. The molecule has 0 aliphatic carbocycles. The Morgan fingerprint density at radius 3 is 2.94 bits per heavy atom. The molecule has 2 N–H and O–H groups in total. The van der Waals surface area contributed by atoms with Gasteiger partial charge in [-0.1, -0.05) is 17.7 Å². The molecule has 0 saturated carbocycles. The number of sulfonamides is 1. The lowest BCUT2D eigenvalue weighted by Crippen LogP contribution is -2.35. The minimum atomic E-state index is -3.83. The number of fused-ring (bicyclic) bond motifs is 1. The fraction of sp³-hybridized carbons (Fsp3) is 0.300. The molecule has 0 amide bonds. The fourth-order valence-corrected chi connectivity index (χ4v) is 3.42. The summed E-state index contributed by atoms with van der Waals surface area (Å²) in [5.41, 5.74) is 0.444. The molecule has 0 aromatic carbocycles. The number of nitrogens with one attached hydrogen (secondary N) is 1. The molecule has 0 saturated heterocycles. The molecule has 0 aliphatic heterocycles. The van der Waals surface area contributed by atoms with E-state index in [1.54, 1.807) is 31.3 Å². The van der Waals surface area contributed by atoms with Crippen molar-refractivity contribution in [3.05, 3.63) is 29.5 Å². The average molecular weight is 290 g/mol. The van der Waals surface area contributed by atoms with Crippen LogP contribution in [0.2, 0.25) is 5.15 Å². The third-order valence-electron chi connectivity index (χ3n) is 2.33. The highest BCUT2D eigenvalue weighted by atomic mass is 35.5. The Morgan fingerprint density at radius 2 is 2.28 bits per heavy atom. The van der Waals surface area contributed by atoms with Crippen molar-refractivity contribution >= 4 is 27.3 Å². The quantitative estimate of drug-likeness (QED) is 0.865. The fourth-order valence-electron chi connectivity index (χ4n) is 1.54. The smallest absolute Gasteiger partial charge is 0.260 e. The van der Waals surface area contributed by atoms with Crippen LogP contribution in [0.1, 0.15) is 6.92 Å². The molecule has 8 heteroatoms. The van der Waals surface area contributed by atoms with E-state index in [1.807, 2.05) is 0 Å². The Hall–Kier alpha value is -1.15. The van der Waals surface area contributed by atoms with Crippen LogP contribution in [0.15, 0.2) is 29.4 Å². The van der Waals surface area contributed by atoms with Crippen LogP contribution >= 0.6 is 11.6 Å². The predicted molar refractivity (Wildman–Crippen MR) is 67.1 cm³/mol. The minimum Gasteiger partial charge on any atom is -0.395 e. The predicted octanol–water partition coefficient (Wildman–Crippen LogP) is 0.647. The normalized spacial score (nSPS) is 13.9. The number of aliphatic hydroxyl groups excluding tert-OH is 1. The van der Waals surface area contributed by atoms with Gasteiger partial charge in [-0.15, -0.1) is 0 Å². The molecule has 0 unspecified atom stereocenters. The second-order valence-electron chi connectivity index (χ2n) is 3.84. The van der Waals surface area contributed by atoms with Crippen molar-refractivity contribution in [3.8, 4) is 0 Å². The second kappa shape index (κ2) is 4.85. The Morgan fingerprint density at radius 1 is 1.56 bits per heavy atom. The van der Waals surface area contributed by atoms with E-state index in [9.17, 15) is 8.42 Å². The van der Waals surface area contributed by atoms with Crippen molar-refractivity contribution in [1.82, 2.24) is 14.1 Å². The van der Waals surface area contributed by atoms with Crippen LogP contribution in [-0.2, 0) is 10.0 Å². The Labute approximate surface area is 109 Å². The number of imidazole rings is 1. The van der Waals surface area contributed by atoms with Gasteiger partial charge in [0, 0.05) is 12.2 Å². The molecule has 6 nitrogen and oxygen atoms in total. The maximum Gasteiger partial charge on any atom is 0.260 e. The molecule has 0 fully saturated rings. The van der Waals surface area contributed by atoms with Gasteiger partial charge in [-0.2, -0.15) is 0 Å². The molecule has 18 heavy (non-hydrogen) atoms. The number of halogens is 1. The maximum absolute atomic E-state index is 12.1. The van der Waals surface area contributed by atoms with E-state index in [0.29, 0.717) is 5.65 Å². The number of rotatable bonds is 4. The number of pyridine rings is 1. The summed E-state index contributed by atoms with van der Waals surface area (Å²) < 4.78 is 28.0. The summed E-state index contributed by atoms with van der Waals surface area (Å²) in [5, 5.41) is 8.67. The van der Waals surface area contributed by atoms with Gasteiger partial charge < -0.3 is 5.11 Å². The molecular weight excluding hydrogens is 278 g/mol. The summed E-state index contributed by atoms with van der Waals surface area (Å²) in [7, 11) is -3.83. The molecule has 2 heterocycles. The molecule has 0 radical (unpaired) electrons. The van der Waals surface area contributed by atoms with E-state index < -0.39 is 16.1 Å². The first-order valence-corrected chi connectivity index (χ1v) is 7.07. The van der Waals surface area contributed by atoms with Crippen LogP contribution in [0, 0.1) is 0 Å². The van der Waals surface area contributed by atoms with E-state index in [-0.39, 0.29) is 16.8 Å². The third-order valence-corrected chi connectivity index (χ3v) is 4.32. The van der Waals surface area contributed by atoms with E-state index in [0.717, 1.165) is 0 Å². The number of hydrogen-bond acceptors (Lipinski definition) is 4. The van der Waals surface area contributed by atoms with E-state index in [2.05, 4.69) is 9.71 Å². The minimum absolute atomic E-state index is 0.0983. The SMILES string of the molecule is C[C@@H](CO)NS(=O)(=O)c1c(Cl)nc2ccccn12. The van der Waals surface area contributed by atoms with Crippen LogP contribution in [0.3, 0.4) is 0 Å². The molecule has 0 bridgehead atoms. The first-order valence-electron chi connectivity index (χ1n) is 5.21. The van der Waals surface area contributed by atoms with Crippen LogP contribution in [0.4, 0.5) is 0 Å². The van der Waals surface area contributed by atoms with Gasteiger partial charge in [-0.25, -0.2) is 18.1 Å². The van der Waals surface area contributed by atoms with Gasteiger partial charge in [0.25, 0.3) is 10.0 Å². The number of hydrogen-bond donors (Lipinski definition) is 2. The topological polar surface area (TPSA) is 83.7 Å². The number of aliphatic hydroxyl groups is 1. The van der Waals surface area contributed by atoms with Gasteiger partial charge in [0.2, 0.25) is 0 Å². The molecule has 0 aliphatic rings. The summed E-state index contributed by atoms with van der Waals surface area (Å²) in [6, 6.07) is 4.47. The van der Waals surface area contributed by atoms with Crippen molar-refractivity contribution in [2.45, 2.75) is 18.0 Å². The summed E-state index contributed by atoms with van der Waals surface area (Å²) in [6.07, 6.45) is 1.56. The standard InChI is InChI=1S/C10H12ClN3O3S/c1-7(6-15)13-18(16,17)10-9(11)12-8-4-2-3-5-14(8)10/h2-5,7,13,15H,6H2,1H3/t7-/m0/s1. The largest absolute Gasteiger partial charge is 0.395 e. The van der Waals surface area contributed by atoms with E-state index in [4.69, 9.17) is 16.7 Å². The zero-order chi connectivity index (χ0) is 13.3. The van der Waals surface area contributed by atoms with Gasteiger partial charge >= 0.3 is 0 Å². The number of nitrogens with zero attached hydrogens (tertiary/aromatic N) is 2. The van der Waals surface area contributed by atoms with Crippen LogP contribution in [0.5, 0.6) is 0 Å². The molecule has 98 valence electrons. The average Bonchev–Trinajstić information content (AvgIpc) is 2.64. The van der Waals surface area contributed by atoms with Crippen LogP contribution in [0.25, 0.3) is 5.65 Å². The van der Waals surface area contributed by atoms with Gasteiger partial charge in [0.1, 0.15) is 5.65 Å². The Kier molecular flexibility index (Phi) is 3.58. The summed E-state index contributed by atoms with van der Waals surface area (Å²) >= 11 is 5.87. The second-order valence-corrected chi connectivity index (χ2v) is 5.83. The highest BCUT2D eigenvalue weighted by Crippen LogP contribution is 2.22. The monoisotopic (exact) mass is 289 g/mol. The Balaban J connectivity index is 2.57. The van der Waals surface area contributed by atoms with Gasteiger partial charge in [-0.3, -0.25) is 4.40 Å². The number of aromatic nitrogens is 2. The van der Waals surface area contributed by atoms with Crippen molar-refractivity contribution in [2.24, 2.45) is 0 Å². The molecule has 2 aromatic heterocycles. The summed E-state index contributed by atoms with van der Waals surface area (Å²) in [6.45, 7) is 1.25. The van der Waals surface area contributed by atoms with Crippen LogP contribution in [-0.4, -0.2) is 35.6 Å². The maximum atomic E-state index is 12.1. The zero-order valence-electron chi connectivity index (χ0n) is 9.54. The molecule has 2 rings (SSSR count). The molecular formula is C10H12ClN3O3S. The lowest BCUT2D eigenvalue weighted by atomic mass is 10.4. The first kappa shape index (κ1) is 13.3. The highest BCUT2D eigenvalue weighted by molar-refractivity contribution is 7.89. The summed E-state index contributed by atoms with van der Waals surface area (Å²) in [5.74, 6) is 0. The van der Waals surface area contributed by atoms with Gasteiger partial charge in [-0.05, 0) is 19.1 Å².